The summed E-state index contributed by atoms with van der Waals surface area (Å²) in [6.07, 6.45) is 1.72. The Bertz CT molecular complexity index is 419. The molecule has 1 aromatic rings. The highest BCUT2D eigenvalue weighted by Gasteiger charge is 2.21. The van der Waals surface area contributed by atoms with Gasteiger partial charge in [0.15, 0.2) is 0 Å². The molecular weight excluding hydrogens is 304 g/mol. The van der Waals surface area contributed by atoms with Gasteiger partial charge in [0.2, 0.25) is 0 Å². The summed E-state index contributed by atoms with van der Waals surface area (Å²) in [5.74, 6) is 2.06. The van der Waals surface area contributed by atoms with Crippen molar-refractivity contribution in [2.75, 3.05) is 12.3 Å². The van der Waals surface area contributed by atoms with Crippen molar-refractivity contribution >= 4 is 30.1 Å². The molecule has 0 unspecified atom stereocenters. The van der Waals surface area contributed by atoms with Gasteiger partial charge in [0, 0.05) is 23.4 Å². The average Bonchev–Trinajstić information content (AvgIpc) is 2.50. The van der Waals surface area contributed by atoms with Crippen LogP contribution in [-0.4, -0.2) is 23.7 Å². The van der Waals surface area contributed by atoms with E-state index in [4.69, 9.17) is 5.73 Å². The molecule has 3 nitrogen and oxygen atoms in total. The van der Waals surface area contributed by atoms with Gasteiger partial charge in [0.05, 0.1) is 0 Å². The lowest BCUT2D eigenvalue weighted by Crippen LogP contribution is -2.49. The van der Waals surface area contributed by atoms with Crippen molar-refractivity contribution in [3.8, 4) is 0 Å². The van der Waals surface area contributed by atoms with Crippen LogP contribution >= 0.6 is 24.2 Å². The molecule has 1 aromatic carbocycles. The van der Waals surface area contributed by atoms with Crippen molar-refractivity contribution in [2.24, 2.45) is 5.73 Å². The SMILES string of the molecule is CCSCc1ccc(C(=O)NCC(N)(CC)CC)cc1.Cl. The number of nitrogens with two attached hydrogens (primary N) is 1. The summed E-state index contributed by atoms with van der Waals surface area (Å²) in [5.41, 5.74) is 7.84. The van der Waals surface area contributed by atoms with Crippen molar-refractivity contribution in [3.05, 3.63) is 35.4 Å². The molecule has 0 spiro atoms. The van der Waals surface area contributed by atoms with Crippen molar-refractivity contribution < 1.29 is 4.79 Å². The second-order valence-corrected chi connectivity index (χ2v) is 6.36. The largest absolute Gasteiger partial charge is 0.350 e. The van der Waals surface area contributed by atoms with Crippen LogP contribution in [0.1, 0.15) is 49.5 Å². The first-order valence-corrected chi connectivity index (χ1v) is 8.44. The zero-order valence-corrected chi connectivity index (χ0v) is 14.8. The van der Waals surface area contributed by atoms with E-state index < -0.39 is 0 Å². The molecule has 0 aliphatic rings. The maximum absolute atomic E-state index is 12.1. The van der Waals surface area contributed by atoms with Crippen LogP contribution in [0.4, 0.5) is 0 Å². The molecule has 3 N–H and O–H groups in total. The summed E-state index contributed by atoms with van der Waals surface area (Å²) in [4.78, 5) is 12.1. The van der Waals surface area contributed by atoms with Gasteiger partial charge in [-0.3, -0.25) is 4.79 Å². The van der Waals surface area contributed by atoms with Crippen LogP contribution in [0.25, 0.3) is 0 Å². The van der Waals surface area contributed by atoms with Crippen molar-refractivity contribution in [3.63, 3.8) is 0 Å². The van der Waals surface area contributed by atoms with E-state index in [0.717, 1.165) is 24.3 Å². The van der Waals surface area contributed by atoms with Crippen LogP contribution in [0.5, 0.6) is 0 Å². The standard InChI is InChI=1S/C16H26N2OS.ClH/c1-4-16(17,5-2)12-18-15(19)14-9-7-13(8-10-14)11-20-6-3;/h7-10H,4-6,11-12,17H2,1-3H3,(H,18,19);1H. The number of carbonyl (C=O) groups is 1. The van der Waals surface area contributed by atoms with Gasteiger partial charge in [-0.15, -0.1) is 12.4 Å². The van der Waals surface area contributed by atoms with E-state index in [1.54, 1.807) is 0 Å². The smallest absolute Gasteiger partial charge is 0.251 e. The number of amides is 1. The van der Waals surface area contributed by atoms with Crippen molar-refractivity contribution in [2.45, 2.75) is 44.9 Å². The number of hydrogen-bond donors (Lipinski definition) is 2. The van der Waals surface area contributed by atoms with Gasteiger partial charge in [0.1, 0.15) is 0 Å². The molecular formula is C16H27ClN2OS. The Kier molecular flexibility index (Phi) is 9.75. The van der Waals surface area contributed by atoms with E-state index in [1.807, 2.05) is 36.0 Å². The van der Waals surface area contributed by atoms with Crippen LogP contribution in [0, 0.1) is 0 Å². The molecule has 21 heavy (non-hydrogen) atoms. The lowest BCUT2D eigenvalue weighted by Gasteiger charge is -2.26. The first-order chi connectivity index (χ1) is 9.54. The van der Waals surface area contributed by atoms with Crippen LogP contribution in [0.3, 0.4) is 0 Å². The summed E-state index contributed by atoms with van der Waals surface area (Å²) in [6, 6.07) is 7.81. The molecule has 0 radical (unpaired) electrons. The third-order valence-corrected chi connectivity index (χ3v) is 4.64. The Labute approximate surface area is 138 Å². The minimum Gasteiger partial charge on any atom is -0.350 e. The van der Waals surface area contributed by atoms with Gasteiger partial charge in [0.25, 0.3) is 5.91 Å². The number of thioether (sulfide) groups is 1. The highest BCUT2D eigenvalue weighted by Crippen LogP contribution is 2.13. The Balaban J connectivity index is 0.00000400. The molecule has 0 bridgehead atoms. The summed E-state index contributed by atoms with van der Waals surface area (Å²) in [7, 11) is 0. The lowest BCUT2D eigenvalue weighted by atomic mass is 9.94. The summed E-state index contributed by atoms with van der Waals surface area (Å²) < 4.78 is 0. The zero-order chi connectivity index (χ0) is 15.0. The summed E-state index contributed by atoms with van der Waals surface area (Å²) in [5, 5.41) is 2.93. The Morgan fingerprint density at radius 3 is 2.24 bits per heavy atom. The van der Waals surface area contributed by atoms with Crippen LogP contribution in [-0.2, 0) is 5.75 Å². The molecule has 0 saturated carbocycles. The predicted molar refractivity (Wildman–Crippen MR) is 95.4 cm³/mol. The summed E-state index contributed by atoms with van der Waals surface area (Å²) >= 11 is 1.88. The van der Waals surface area contributed by atoms with Gasteiger partial charge in [-0.25, -0.2) is 0 Å². The quantitative estimate of drug-likeness (QED) is 0.765. The van der Waals surface area contributed by atoms with E-state index >= 15 is 0 Å². The number of nitrogens with one attached hydrogen (secondary N) is 1. The lowest BCUT2D eigenvalue weighted by molar-refractivity contribution is 0.0942. The molecule has 5 heteroatoms. The number of carbonyl (C=O) groups excluding carboxylic acids is 1. The first kappa shape index (κ1) is 20.3. The van der Waals surface area contributed by atoms with Crippen LogP contribution in [0.15, 0.2) is 24.3 Å². The second-order valence-electron chi connectivity index (χ2n) is 5.09. The second kappa shape index (κ2) is 10.1. The summed E-state index contributed by atoms with van der Waals surface area (Å²) in [6.45, 7) is 6.77. The highest BCUT2D eigenvalue weighted by atomic mass is 35.5. The Morgan fingerprint density at radius 1 is 1.19 bits per heavy atom. The normalized spacial score (nSPS) is 10.9. The predicted octanol–water partition coefficient (Wildman–Crippen LogP) is 3.61. The number of halogens is 1. The fourth-order valence-corrected chi connectivity index (χ4v) is 2.46. The maximum atomic E-state index is 12.1. The fourth-order valence-electron chi connectivity index (χ4n) is 1.83. The number of rotatable bonds is 8. The average molecular weight is 331 g/mol. The number of benzene rings is 1. The molecule has 0 aromatic heterocycles. The van der Waals surface area contributed by atoms with E-state index in [9.17, 15) is 4.79 Å². The minimum atomic E-state index is -0.298. The molecule has 0 saturated heterocycles. The first-order valence-electron chi connectivity index (χ1n) is 7.28. The fraction of sp³-hybridized carbons (Fsp3) is 0.562. The molecule has 0 fully saturated rings. The molecule has 0 atom stereocenters. The Morgan fingerprint density at radius 2 is 1.76 bits per heavy atom. The number of hydrogen-bond acceptors (Lipinski definition) is 3. The highest BCUT2D eigenvalue weighted by molar-refractivity contribution is 7.98. The van der Waals surface area contributed by atoms with E-state index in [1.165, 1.54) is 5.56 Å². The zero-order valence-electron chi connectivity index (χ0n) is 13.1. The van der Waals surface area contributed by atoms with E-state index in [-0.39, 0.29) is 23.9 Å². The maximum Gasteiger partial charge on any atom is 0.251 e. The van der Waals surface area contributed by atoms with Crippen molar-refractivity contribution in [1.82, 2.24) is 5.32 Å². The van der Waals surface area contributed by atoms with E-state index in [0.29, 0.717) is 12.1 Å². The third-order valence-electron chi connectivity index (χ3n) is 3.70. The van der Waals surface area contributed by atoms with Crippen LogP contribution in [0.2, 0.25) is 0 Å². The molecule has 0 aliphatic heterocycles. The molecule has 0 heterocycles. The monoisotopic (exact) mass is 330 g/mol. The van der Waals surface area contributed by atoms with Gasteiger partial charge in [-0.2, -0.15) is 11.8 Å². The molecule has 1 amide bonds. The third kappa shape index (κ3) is 6.72. The van der Waals surface area contributed by atoms with Crippen LogP contribution < -0.4 is 11.1 Å². The van der Waals surface area contributed by atoms with Gasteiger partial charge in [-0.1, -0.05) is 32.9 Å². The van der Waals surface area contributed by atoms with Gasteiger partial charge in [-0.05, 0) is 36.3 Å². The van der Waals surface area contributed by atoms with E-state index in [2.05, 4.69) is 26.1 Å². The minimum absolute atomic E-state index is 0. The van der Waals surface area contributed by atoms with Gasteiger partial charge < -0.3 is 11.1 Å². The molecule has 0 aliphatic carbocycles. The van der Waals surface area contributed by atoms with Gasteiger partial charge >= 0.3 is 0 Å². The van der Waals surface area contributed by atoms with Crippen molar-refractivity contribution in [1.29, 1.82) is 0 Å². The molecule has 120 valence electrons. The Hall–Kier alpha value is -0.710. The molecule has 1 rings (SSSR count). The topological polar surface area (TPSA) is 55.1 Å².